The highest BCUT2D eigenvalue weighted by molar-refractivity contribution is 7.47. The first-order chi connectivity index (χ1) is 29.1. The van der Waals surface area contributed by atoms with Crippen molar-refractivity contribution in [1.82, 2.24) is 0 Å². The molecule has 0 heterocycles. The summed E-state index contributed by atoms with van der Waals surface area (Å²) >= 11 is 0. The standard InChI is InChI=1S/C51H100NO7P/c1-6-8-10-12-14-16-18-20-22-23-24-25-26-27-28-29-30-31-32-34-36-38-40-42-44-51(53)59-50(49-58-60(54,55)57-47-45-52(3,4)5)48-56-46-43-41-39-37-35-33-21-19-17-15-13-11-9-7-2/h11,13,17,19,50H,6-10,12,14-16,18,20-49H2,1-5H3/p+1/b13-11-,19-17-. The van der Waals surface area contributed by atoms with E-state index in [1.807, 2.05) is 21.1 Å². The maximum Gasteiger partial charge on any atom is 0.472 e. The minimum atomic E-state index is -4.28. The van der Waals surface area contributed by atoms with Crippen LogP contribution < -0.4 is 0 Å². The molecule has 0 radical (unpaired) electrons. The van der Waals surface area contributed by atoms with Crippen molar-refractivity contribution in [2.45, 2.75) is 245 Å². The Kier molecular flexibility index (Phi) is 43.8. The van der Waals surface area contributed by atoms with Gasteiger partial charge in [0.1, 0.15) is 19.3 Å². The fourth-order valence-electron chi connectivity index (χ4n) is 7.30. The van der Waals surface area contributed by atoms with Gasteiger partial charge in [-0.05, 0) is 38.5 Å². The minimum absolute atomic E-state index is 0.0885. The van der Waals surface area contributed by atoms with Crippen LogP contribution in [0.5, 0.6) is 0 Å². The Hall–Kier alpha value is -1.02. The summed E-state index contributed by atoms with van der Waals surface area (Å²) in [6, 6.07) is 0. The van der Waals surface area contributed by atoms with Gasteiger partial charge in [-0.3, -0.25) is 13.8 Å². The lowest BCUT2D eigenvalue weighted by Gasteiger charge is -2.24. The number of likely N-dealkylation sites (N-methyl/N-ethyl adjacent to an activating group) is 1. The van der Waals surface area contributed by atoms with E-state index >= 15 is 0 Å². The lowest BCUT2D eigenvalue weighted by molar-refractivity contribution is -0.870. The molecule has 0 saturated carbocycles. The van der Waals surface area contributed by atoms with Gasteiger partial charge in [0.25, 0.3) is 0 Å². The van der Waals surface area contributed by atoms with Crippen molar-refractivity contribution in [3.05, 3.63) is 24.3 Å². The van der Waals surface area contributed by atoms with E-state index in [4.69, 9.17) is 18.5 Å². The lowest BCUT2D eigenvalue weighted by atomic mass is 10.0. The molecule has 0 aliphatic carbocycles. The molecule has 0 bridgehead atoms. The average molecular weight is 871 g/mol. The van der Waals surface area contributed by atoms with Crippen LogP contribution in [-0.2, 0) is 27.9 Å². The number of carbonyl (C=O) groups excluding carboxylic acids is 1. The minimum Gasteiger partial charge on any atom is -0.457 e. The topological polar surface area (TPSA) is 91.3 Å². The summed E-state index contributed by atoms with van der Waals surface area (Å²) in [5, 5.41) is 0. The second-order valence-electron chi connectivity index (χ2n) is 18.6. The predicted octanol–water partition coefficient (Wildman–Crippen LogP) is 15.6. The molecular weight excluding hydrogens is 770 g/mol. The quantitative estimate of drug-likeness (QED) is 0.0214. The number of hydrogen-bond donors (Lipinski definition) is 1. The first-order valence-electron chi connectivity index (χ1n) is 25.6. The molecule has 0 spiro atoms. The Bertz CT molecular complexity index is 1010. The van der Waals surface area contributed by atoms with Gasteiger partial charge in [-0.15, -0.1) is 0 Å². The van der Waals surface area contributed by atoms with E-state index < -0.39 is 13.9 Å². The van der Waals surface area contributed by atoms with E-state index in [0.717, 1.165) is 44.9 Å². The zero-order valence-electron chi connectivity index (χ0n) is 40.5. The van der Waals surface area contributed by atoms with E-state index in [2.05, 4.69) is 38.2 Å². The number of quaternary nitrogens is 1. The van der Waals surface area contributed by atoms with Crippen molar-refractivity contribution in [1.29, 1.82) is 0 Å². The number of carbonyl (C=O) groups is 1. The molecule has 0 aliphatic rings. The van der Waals surface area contributed by atoms with Gasteiger partial charge in [-0.25, -0.2) is 4.57 Å². The van der Waals surface area contributed by atoms with Crippen LogP contribution in [0.15, 0.2) is 24.3 Å². The van der Waals surface area contributed by atoms with E-state index in [-0.39, 0.29) is 25.8 Å². The largest absolute Gasteiger partial charge is 0.472 e. The third kappa shape index (κ3) is 48.0. The molecule has 8 nitrogen and oxygen atoms in total. The smallest absolute Gasteiger partial charge is 0.457 e. The highest BCUT2D eigenvalue weighted by atomic mass is 31.2. The van der Waals surface area contributed by atoms with E-state index in [9.17, 15) is 14.3 Å². The molecule has 0 amide bonds. The molecule has 1 N–H and O–H groups in total. The number of phosphoric ester groups is 1. The highest BCUT2D eigenvalue weighted by Crippen LogP contribution is 2.43. The Balaban J connectivity index is 4.05. The molecule has 0 aromatic rings. The van der Waals surface area contributed by atoms with Gasteiger partial charge >= 0.3 is 13.8 Å². The second kappa shape index (κ2) is 44.6. The number of unbranched alkanes of at least 4 members (excludes halogenated alkanes) is 30. The number of allylic oxidation sites excluding steroid dienone is 4. The monoisotopic (exact) mass is 871 g/mol. The molecule has 60 heavy (non-hydrogen) atoms. The highest BCUT2D eigenvalue weighted by Gasteiger charge is 2.26. The summed E-state index contributed by atoms with van der Waals surface area (Å²) in [5.74, 6) is -0.312. The molecular formula is C51H101NO7P+. The van der Waals surface area contributed by atoms with Crippen LogP contribution in [0.4, 0.5) is 0 Å². The number of phosphoric acid groups is 1. The molecule has 2 atom stereocenters. The van der Waals surface area contributed by atoms with Crippen molar-refractivity contribution in [3.8, 4) is 0 Å². The fourth-order valence-corrected chi connectivity index (χ4v) is 8.04. The van der Waals surface area contributed by atoms with Gasteiger partial charge in [0.15, 0.2) is 0 Å². The predicted molar refractivity (Wildman–Crippen MR) is 257 cm³/mol. The zero-order valence-corrected chi connectivity index (χ0v) is 41.4. The summed E-state index contributed by atoms with van der Waals surface area (Å²) < 4.78 is 35.1. The van der Waals surface area contributed by atoms with E-state index in [0.29, 0.717) is 24.1 Å². The van der Waals surface area contributed by atoms with Gasteiger partial charge < -0.3 is 18.9 Å². The van der Waals surface area contributed by atoms with Crippen molar-refractivity contribution >= 4 is 13.8 Å². The van der Waals surface area contributed by atoms with Gasteiger partial charge in [-0.2, -0.15) is 0 Å². The van der Waals surface area contributed by atoms with Crippen molar-refractivity contribution in [2.75, 3.05) is 54.1 Å². The molecule has 9 heteroatoms. The molecule has 0 rings (SSSR count). The number of esters is 1. The Morgan fingerprint density at radius 3 is 1.42 bits per heavy atom. The lowest BCUT2D eigenvalue weighted by Crippen LogP contribution is -2.37. The van der Waals surface area contributed by atoms with E-state index in [1.54, 1.807) is 0 Å². The third-order valence-corrected chi connectivity index (χ3v) is 12.2. The van der Waals surface area contributed by atoms with Crippen LogP contribution in [0.3, 0.4) is 0 Å². The Labute approximate surface area is 373 Å². The number of ether oxygens (including phenoxy) is 2. The Morgan fingerprint density at radius 1 is 0.517 bits per heavy atom. The fraction of sp³-hybridized carbons (Fsp3) is 0.902. The summed E-state index contributed by atoms with van der Waals surface area (Å²) in [4.78, 5) is 23.0. The Morgan fingerprint density at radius 2 is 0.950 bits per heavy atom. The molecule has 0 aliphatic heterocycles. The SMILES string of the molecule is CCC/C=C\C/C=C\CCCCCCCCOCC(COP(=O)(O)OCC[N+](C)(C)C)OC(=O)CCCCCCCCCCCCCCCCCCCCCCCCCC. The number of hydrogen-bond acceptors (Lipinski definition) is 6. The molecule has 0 aromatic carbocycles. The summed E-state index contributed by atoms with van der Waals surface area (Å²) in [7, 11) is 1.67. The van der Waals surface area contributed by atoms with Crippen LogP contribution in [-0.4, -0.2) is 75.6 Å². The molecule has 356 valence electrons. The third-order valence-electron chi connectivity index (χ3n) is 11.2. The molecule has 0 aromatic heterocycles. The van der Waals surface area contributed by atoms with Crippen LogP contribution in [0.2, 0.25) is 0 Å². The number of rotatable bonds is 48. The molecule has 0 saturated heterocycles. The average Bonchev–Trinajstić information content (AvgIpc) is 3.20. The van der Waals surface area contributed by atoms with Gasteiger partial charge in [-0.1, -0.05) is 218 Å². The first kappa shape index (κ1) is 59.0. The maximum atomic E-state index is 12.8. The van der Waals surface area contributed by atoms with Crippen LogP contribution in [0, 0.1) is 0 Å². The number of nitrogens with zero attached hydrogens (tertiary/aromatic N) is 1. The van der Waals surface area contributed by atoms with E-state index in [1.165, 1.54) is 173 Å². The van der Waals surface area contributed by atoms with Crippen LogP contribution in [0.25, 0.3) is 0 Å². The molecule has 2 unspecified atom stereocenters. The van der Waals surface area contributed by atoms with Gasteiger partial charge in [0.2, 0.25) is 0 Å². The summed E-state index contributed by atoms with van der Waals surface area (Å²) in [6.07, 6.45) is 52.3. The summed E-state index contributed by atoms with van der Waals surface area (Å²) in [5.41, 5.74) is 0. The van der Waals surface area contributed by atoms with Gasteiger partial charge in [0, 0.05) is 13.0 Å². The maximum absolute atomic E-state index is 12.8. The normalized spacial score (nSPS) is 13.8. The first-order valence-corrected chi connectivity index (χ1v) is 27.1. The van der Waals surface area contributed by atoms with Crippen LogP contribution >= 0.6 is 7.82 Å². The van der Waals surface area contributed by atoms with Crippen molar-refractivity contribution in [2.24, 2.45) is 0 Å². The second-order valence-corrected chi connectivity index (χ2v) is 20.0. The van der Waals surface area contributed by atoms with Crippen LogP contribution in [0.1, 0.15) is 239 Å². The zero-order chi connectivity index (χ0) is 44.1. The molecule has 0 fully saturated rings. The van der Waals surface area contributed by atoms with Gasteiger partial charge in [0.05, 0.1) is 34.4 Å². The van der Waals surface area contributed by atoms with Crippen molar-refractivity contribution < 1.29 is 37.3 Å². The summed E-state index contributed by atoms with van der Waals surface area (Å²) in [6.45, 7) is 5.58. The van der Waals surface area contributed by atoms with Crippen molar-refractivity contribution in [3.63, 3.8) is 0 Å².